The van der Waals surface area contributed by atoms with Crippen LogP contribution in [0.1, 0.15) is 24.5 Å². The number of rotatable bonds is 6. The average molecular weight is 493 g/mol. The van der Waals surface area contributed by atoms with Crippen molar-refractivity contribution in [3.8, 4) is 22.7 Å². The molecule has 0 bridgehead atoms. The number of imidazole rings is 1. The molecule has 0 fully saturated rings. The second kappa shape index (κ2) is 9.09. The minimum absolute atomic E-state index is 0.0680. The zero-order chi connectivity index (χ0) is 24.6. The summed E-state index contributed by atoms with van der Waals surface area (Å²) in [5, 5.41) is 4.93. The van der Waals surface area contributed by atoms with Crippen molar-refractivity contribution in [1.29, 1.82) is 0 Å². The zero-order valence-corrected chi connectivity index (χ0v) is 20.8. The predicted molar refractivity (Wildman–Crippen MR) is 145 cm³/mol. The van der Waals surface area contributed by atoms with E-state index in [0.29, 0.717) is 16.1 Å². The Kier molecular flexibility index (Phi) is 5.62. The Labute approximate surface area is 211 Å². The highest BCUT2D eigenvalue weighted by Gasteiger charge is 2.15. The second-order valence-corrected chi connectivity index (χ2v) is 9.69. The lowest BCUT2D eigenvalue weighted by Gasteiger charge is -2.09. The molecule has 3 heterocycles. The first-order chi connectivity index (χ1) is 17.6. The van der Waals surface area contributed by atoms with Crippen LogP contribution in [0.3, 0.4) is 0 Å². The van der Waals surface area contributed by atoms with Crippen molar-refractivity contribution in [1.82, 2.24) is 19.2 Å². The summed E-state index contributed by atoms with van der Waals surface area (Å²) < 4.78 is 10.0. The topological polar surface area (TPSA) is 61.4 Å². The molecule has 7 heteroatoms. The fraction of sp³-hybridized carbons (Fsp3) is 0.138. The molecule has 6 nitrogen and oxygen atoms in total. The lowest BCUT2D eigenvalue weighted by molar-refractivity contribution is 0.315. The smallest absolute Gasteiger partial charge is 0.274 e. The Morgan fingerprint density at radius 3 is 2.64 bits per heavy atom. The Bertz CT molecular complexity index is 1820. The van der Waals surface area contributed by atoms with Gasteiger partial charge in [-0.2, -0.15) is 5.10 Å². The van der Waals surface area contributed by atoms with Crippen molar-refractivity contribution in [2.75, 3.05) is 6.61 Å². The summed E-state index contributed by atoms with van der Waals surface area (Å²) in [6.45, 7) is 4.82. The van der Waals surface area contributed by atoms with Gasteiger partial charge in [0.25, 0.3) is 5.56 Å². The van der Waals surface area contributed by atoms with Crippen LogP contribution in [0.15, 0.2) is 83.8 Å². The van der Waals surface area contributed by atoms with E-state index in [1.807, 2.05) is 90.6 Å². The number of thiazole rings is 1. The maximum atomic E-state index is 13.4. The van der Waals surface area contributed by atoms with Gasteiger partial charge in [0.2, 0.25) is 0 Å². The zero-order valence-electron chi connectivity index (χ0n) is 20.0. The summed E-state index contributed by atoms with van der Waals surface area (Å²) >= 11 is 1.39. The summed E-state index contributed by atoms with van der Waals surface area (Å²) in [5.41, 5.74) is 6.22. The molecule has 0 amide bonds. The molecule has 6 aromatic rings. The number of ether oxygens (including phenoxy) is 1. The predicted octanol–water partition coefficient (Wildman–Crippen LogP) is 5.41. The Morgan fingerprint density at radius 2 is 1.83 bits per heavy atom. The van der Waals surface area contributed by atoms with Gasteiger partial charge in [-0.25, -0.2) is 14.1 Å². The van der Waals surface area contributed by atoms with E-state index in [0.717, 1.165) is 51.3 Å². The largest absolute Gasteiger partial charge is 0.493 e. The van der Waals surface area contributed by atoms with Crippen LogP contribution in [0.4, 0.5) is 0 Å². The van der Waals surface area contributed by atoms with Crippen LogP contribution in [0.2, 0.25) is 0 Å². The molecule has 0 N–H and O–H groups in total. The normalized spacial score (nSPS) is 12.1. The highest BCUT2D eigenvalue weighted by molar-refractivity contribution is 7.15. The number of aromatic nitrogens is 4. The van der Waals surface area contributed by atoms with Gasteiger partial charge in [-0.1, -0.05) is 48.6 Å². The van der Waals surface area contributed by atoms with E-state index in [-0.39, 0.29) is 5.56 Å². The first-order valence-corrected chi connectivity index (χ1v) is 12.7. The second-order valence-electron chi connectivity index (χ2n) is 8.68. The van der Waals surface area contributed by atoms with Gasteiger partial charge >= 0.3 is 0 Å². The quantitative estimate of drug-likeness (QED) is 0.312. The number of hydrogen-bond acceptors (Lipinski definition) is 5. The number of hydrogen-bond donors (Lipinski definition) is 0. The summed E-state index contributed by atoms with van der Waals surface area (Å²) in [4.78, 5) is 18.7. The maximum Gasteiger partial charge on any atom is 0.274 e. The van der Waals surface area contributed by atoms with Crippen LogP contribution in [0.25, 0.3) is 39.0 Å². The first-order valence-electron chi connectivity index (χ1n) is 11.9. The van der Waals surface area contributed by atoms with Crippen LogP contribution in [0.5, 0.6) is 5.75 Å². The Hall–Kier alpha value is -4.23. The molecule has 0 aliphatic heterocycles. The van der Waals surface area contributed by atoms with E-state index in [1.54, 1.807) is 4.40 Å². The molecular weight excluding hydrogens is 468 g/mol. The van der Waals surface area contributed by atoms with E-state index in [1.165, 1.54) is 11.3 Å². The minimum atomic E-state index is -0.0680. The molecule has 0 saturated heterocycles. The van der Waals surface area contributed by atoms with E-state index in [4.69, 9.17) is 9.84 Å². The van der Waals surface area contributed by atoms with Crippen molar-refractivity contribution in [2.24, 2.45) is 0 Å². The van der Waals surface area contributed by atoms with E-state index < -0.39 is 0 Å². The molecule has 0 aliphatic rings. The highest BCUT2D eigenvalue weighted by atomic mass is 32.1. The van der Waals surface area contributed by atoms with Crippen LogP contribution in [-0.2, 0) is 0 Å². The number of para-hydroxylation sites is 3. The summed E-state index contributed by atoms with van der Waals surface area (Å²) in [6.07, 6.45) is 4.86. The van der Waals surface area contributed by atoms with Gasteiger partial charge in [-0.3, -0.25) is 4.79 Å². The molecule has 36 heavy (non-hydrogen) atoms. The summed E-state index contributed by atoms with van der Waals surface area (Å²) in [6, 6.07) is 23.8. The summed E-state index contributed by atoms with van der Waals surface area (Å²) in [5.74, 6) is 0.877. The van der Waals surface area contributed by atoms with Crippen molar-refractivity contribution in [3.05, 3.63) is 105 Å². The van der Waals surface area contributed by atoms with Crippen LogP contribution in [0, 0.1) is 6.92 Å². The first kappa shape index (κ1) is 22.2. The average Bonchev–Trinajstić information content (AvgIpc) is 3.57. The van der Waals surface area contributed by atoms with E-state index in [9.17, 15) is 4.79 Å². The molecule has 0 spiro atoms. The van der Waals surface area contributed by atoms with Gasteiger partial charge in [-0.15, -0.1) is 0 Å². The molecule has 0 aliphatic carbocycles. The highest BCUT2D eigenvalue weighted by Crippen LogP contribution is 2.29. The number of aryl methyl sites for hydroxylation is 1. The third-order valence-corrected chi connectivity index (χ3v) is 7.07. The van der Waals surface area contributed by atoms with Gasteiger partial charge in [0.05, 0.1) is 27.9 Å². The lowest BCUT2D eigenvalue weighted by atomic mass is 10.0. The van der Waals surface area contributed by atoms with Crippen molar-refractivity contribution in [3.63, 3.8) is 0 Å². The Morgan fingerprint density at radius 1 is 1.03 bits per heavy atom. The van der Waals surface area contributed by atoms with Crippen LogP contribution >= 0.6 is 11.3 Å². The summed E-state index contributed by atoms with van der Waals surface area (Å²) in [7, 11) is 0. The third-order valence-electron chi connectivity index (χ3n) is 6.11. The van der Waals surface area contributed by atoms with Gasteiger partial charge in [-0.05, 0) is 67.4 Å². The maximum absolute atomic E-state index is 13.4. The minimum Gasteiger partial charge on any atom is -0.493 e. The lowest BCUT2D eigenvalue weighted by Crippen LogP contribution is -2.22. The molecule has 0 saturated carbocycles. The fourth-order valence-corrected chi connectivity index (χ4v) is 5.33. The SMILES string of the molecule is CCCOc1ccc(-c2nn(-c3ccccc3)cc2C=c2sc3nc4ccccc4n3c2=O)cc1C. The Balaban J connectivity index is 1.52. The molecular formula is C29H24N4O2S. The van der Waals surface area contributed by atoms with Crippen molar-refractivity contribution >= 4 is 33.4 Å². The van der Waals surface area contributed by atoms with Crippen LogP contribution in [-0.4, -0.2) is 25.8 Å². The van der Waals surface area contributed by atoms with Gasteiger partial charge in [0.1, 0.15) is 11.4 Å². The fourth-order valence-electron chi connectivity index (χ4n) is 4.35. The molecule has 3 aromatic heterocycles. The number of nitrogens with zero attached hydrogens (tertiary/aromatic N) is 4. The van der Waals surface area contributed by atoms with Crippen molar-refractivity contribution in [2.45, 2.75) is 20.3 Å². The molecule has 0 unspecified atom stereocenters. The van der Waals surface area contributed by atoms with E-state index in [2.05, 4.69) is 18.0 Å². The van der Waals surface area contributed by atoms with Crippen molar-refractivity contribution < 1.29 is 4.74 Å². The standard InChI is InChI=1S/C29H24N4O2S/c1-3-15-35-25-14-13-20(16-19(25)2)27-21(18-32(31-27)22-9-5-4-6-10-22)17-26-28(34)33-24-12-8-7-11-23(24)30-29(33)36-26/h4-14,16-18H,3,15H2,1-2H3. The molecule has 3 aromatic carbocycles. The number of benzene rings is 3. The molecule has 178 valence electrons. The third kappa shape index (κ3) is 3.87. The van der Waals surface area contributed by atoms with Gasteiger partial charge in [0.15, 0.2) is 4.96 Å². The monoisotopic (exact) mass is 492 g/mol. The van der Waals surface area contributed by atoms with Gasteiger partial charge in [0, 0.05) is 17.3 Å². The van der Waals surface area contributed by atoms with Gasteiger partial charge < -0.3 is 4.74 Å². The number of fused-ring (bicyclic) bond motifs is 3. The molecule has 6 rings (SSSR count). The van der Waals surface area contributed by atoms with Crippen LogP contribution < -0.4 is 14.8 Å². The van der Waals surface area contributed by atoms with E-state index >= 15 is 0 Å². The molecule has 0 atom stereocenters. The molecule has 0 radical (unpaired) electrons.